The Kier molecular flexibility index (Phi) is 5.18. The van der Waals surface area contributed by atoms with Gasteiger partial charge in [-0.25, -0.2) is 0 Å². The smallest absolute Gasteiger partial charge is 0.222 e. The topological polar surface area (TPSA) is 56.8 Å². The fraction of sp³-hybridized carbons (Fsp3) is 0.909. The Bertz CT molecular complexity index is 230. The third kappa shape index (κ3) is 4.92. The molecule has 0 aromatic rings. The van der Waals surface area contributed by atoms with Gasteiger partial charge in [-0.15, -0.1) is 0 Å². The van der Waals surface area contributed by atoms with Crippen LogP contribution in [-0.4, -0.2) is 44.2 Å². The van der Waals surface area contributed by atoms with Crippen LogP contribution in [0.2, 0.25) is 0 Å². The molecule has 1 unspecified atom stereocenters. The maximum Gasteiger partial charge on any atom is 0.222 e. The second kappa shape index (κ2) is 6.18. The zero-order valence-corrected chi connectivity index (χ0v) is 10.2. The van der Waals surface area contributed by atoms with E-state index in [0.29, 0.717) is 32.8 Å². The largest absolute Gasteiger partial charge is 0.381 e. The Hall–Kier alpha value is -0.650. The molecule has 1 amide bonds. The van der Waals surface area contributed by atoms with Crippen molar-refractivity contribution in [3.63, 3.8) is 0 Å². The van der Waals surface area contributed by atoms with Crippen molar-refractivity contribution >= 4 is 5.91 Å². The Labute approximate surface area is 96.4 Å². The van der Waals surface area contributed by atoms with Crippen molar-refractivity contribution in [2.75, 3.05) is 26.4 Å². The van der Waals surface area contributed by atoms with E-state index < -0.39 is 5.79 Å². The zero-order valence-electron chi connectivity index (χ0n) is 10.2. The van der Waals surface area contributed by atoms with Crippen molar-refractivity contribution in [3.8, 4) is 0 Å². The van der Waals surface area contributed by atoms with Gasteiger partial charge in [0.2, 0.25) is 5.91 Å². The Morgan fingerprint density at radius 1 is 1.56 bits per heavy atom. The minimum Gasteiger partial charge on any atom is -0.381 e. The first-order valence-corrected chi connectivity index (χ1v) is 5.69. The summed E-state index contributed by atoms with van der Waals surface area (Å²) in [5, 5.41) is 2.80. The van der Waals surface area contributed by atoms with Gasteiger partial charge in [0, 0.05) is 19.6 Å². The van der Waals surface area contributed by atoms with Gasteiger partial charge < -0.3 is 19.5 Å². The first-order chi connectivity index (χ1) is 7.53. The molecule has 16 heavy (non-hydrogen) atoms. The molecule has 1 saturated heterocycles. The van der Waals surface area contributed by atoms with Gasteiger partial charge in [-0.05, 0) is 20.8 Å². The van der Waals surface area contributed by atoms with Gasteiger partial charge in [-0.3, -0.25) is 4.79 Å². The number of nitrogens with one attached hydrogen (secondary N) is 1. The van der Waals surface area contributed by atoms with Crippen molar-refractivity contribution in [1.29, 1.82) is 0 Å². The molecule has 0 saturated carbocycles. The highest BCUT2D eigenvalue weighted by Crippen LogP contribution is 2.21. The van der Waals surface area contributed by atoms with Crippen LogP contribution >= 0.6 is 0 Å². The number of ether oxygens (including phenoxy) is 3. The van der Waals surface area contributed by atoms with E-state index in [4.69, 9.17) is 14.2 Å². The van der Waals surface area contributed by atoms with E-state index in [1.54, 1.807) is 0 Å². The molecule has 0 bridgehead atoms. The van der Waals surface area contributed by atoms with Gasteiger partial charge in [0.25, 0.3) is 0 Å². The first kappa shape index (κ1) is 13.4. The van der Waals surface area contributed by atoms with Crippen LogP contribution in [0.25, 0.3) is 0 Å². The number of carbonyl (C=O) groups is 1. The molecule has 0 spiro atoms. The predicted octanol–water partition coefficient (Wildman–Crippen LogP) is 0.681. The number of rotatable bonds is 6. The average molecular weight is 231 g/mol. The van der Waals surface area contributed by atoms with Crippen LogP contribution in [0, 0.1) is 0 Å². The van der Waals surface area contributed by atoms with Crippen LogP contribution in [0.1, 0.15) is 27.2 Å². The van der Waals surface area contributed by atoms with Gasteiger partial charge in [-0.2, -0.15) is 0 Å². The van der Waals surface area contributed by atoms with E-state index in [1.165, 1.54) is 0 Å². The molecule has 94 valence electrons. The third-order valence-electron chi connectivity index (χ3n) is 2.27. The quantitative estimate of drug-likeness (QED) is 0.683. The fourth-order valence-electron chi connectivity index (χ4n) is 1.49. The maximum absolute atomic E-state index is 11.3. The lowest BCUT2D eigenvalue weighted by atomic mass is 10.3. The van der Waals surface area contributed by atoms with Crippen LogP contribution < -0.4 is 5.32 Å². The van der Waals surface area contributed by atoms with E-state index in [-0.39, 0.29) is 12.0 Å². The molecule has 0 aromatic heterocycles. The second-order valence-electron chi connectivity index (χ2n) is 4.20. The normalized spacial score (nSPS) is 23.3. The summed E-state index contributed by atoms with van der Waals surface area (Å²) in [6, 6.07) is 0. The molecular weight excluding hydrogens is 210 g/mol. The summed E-state index contributed by atoms with van der Waals surface area (Å²) in [4.78, 5) is 11.3. The average Bonchev–Trinajstić information content (AvgIpc) is 2.56. The third-order valence-corrected chi connectivity index (χ3v) is 2.27. The van der Waals surface area contributed by atoms with Gasteiger partial charge in [0.1, 0.15) is 6.10 Å². The van der Waals surface area contributed by atoms with Crippen LogP contribution in [0.3, 0.4) is 0 Å². The Morgan fingerprint density at radius 2 is 2.31 bits per heavy atom. The van der Waals surface area contributed by atoms with Crippen molar-refractivity contribution in [3.05, 3.63) is 0 Å². The van der Waals surface area contributed by atoms with Crippen LogP contribution in [0.15, 0.2) is 0 Å². The summed E-state index contributed by atoms with van der Waals surface area (Å²) in [5.41, 5.74) is 0. The minimum atomic E-state index is -0.527. The van der Waals surface area contributed by atoms with Crippen molar-refractivity contribution in [2.24, 2.45) is 0 Å². The second-order valence-corrected chi connectivity index (χ2v) is 4.20. The molecule has 1 atom stereocenters. The van der Waals surface area contributed by atoms with Crippen LogP contribution in [0.5, 0.6) is 0 Å². The van der Waals surface area contributed by atoms with E-state index in [9.17, 15) is 4.79 Å². The van der Waals surface area contributed by atoms with Gasteiger partial charge in [0.15, 0.2) is 5.79 Å². The van der Waals surface area contributed by atoms with Crippen molar-refractivity contribution in [2.45, 2.75) is 39.1 Å². The van der Waals surface area contributed by atoms with E-state index >= 15 is 0 Å². The molecule has 1 heterocycles. The SMILES string of the molecule is CCOCCC(=O)NCC1COC(C)(C)O1. The van der Waals surface area contributed by atoms with E-state index in [2.05, 4.69) is 5.32 Å². The van der Waals surface area contributed by atoms with Crippen LogP contribution in [0.4, 0.5) is 0 Å². The number of hydrogen-bond acceptors (Lipinski definition) is 4. The molecular formula is C11H21NO4. The standard InChI is InChI=1S/C11H21NO4/c1-4-14-6-5-10(13)12-7-9-8-15-11(2,3)16-9/h9H,4-8H2,1-3H3,(H,12,13). The Morgan fingerprint density at radius 3 is 2.88 bits per heavy atom. The molecule has 1 fully saturated rings. The predicted molar refractivity (Wildman–Crippen MR) is 59.0 cm³/mol. The lowest BCUT2D eigenvalue weighted by Crippen LogP contribution is -2.34. The molecule has 1 aliphatic heterocycles. The van der Waals surface area contributed by atoms with Gasteiger partial charge >= 0.3 is 0 Å². The summed E-state index contributed by atoms with van der Waals surface area (Å²) in [7, 11) is 0. The number of carbonyl (C=O) groups excluding carboxylic acids is 1. The number of hydrogen-bond donors (Lipinski definition) is 1. The first-order valence-electron chi connectivity index (χ1n) is 5.69. The van der Waals surface area contributed by atoms with Crippen molar-refractivity contribution in [1.82, 2.24) is 5.32 Å². The van der Waals surface area contributed by atoms with Crippen molar-refractivity contribution < 1.29 is 19.0 Å². The highest BCUT2D eigenvalue weighted by molar-refractivity contribution is 5.75. The molecule has 5 heteroatoms. The minimum absolute atomic E-state index is 0.0123. The van der Waals surface area contributed by atoms with Gasteiger partial charge in [0.05, 0.1) is 13.2 Å². The summed E-state index contributed by atoms with van der Waals surface area (Å²) < 4.78 is 16.0. The summed E-state index contributed by atoms with van der Waals surface area (Å²) >= 11 is 0. The summed E-state index contributed by atoms with van der Waals surface area (Å²) in [6.07, 6.45) is 0.344. The molecule has 0 aromatic carbocycles. The maximum atomic E-state index is 11.3. The monoisotopic (exact) mass is 231 g/mol. The highest BCUT2D eigenvalue weighted by Gasteiger charge is 2.32. The Balaban J connectivity index is 2.08. The molecule has 0 aliphatic carbocycles. The fourth-order valence-corrected chi connectivity index (χ4v) is 1.49. The molecule has 1 aliphatic rings. The van der Waals surface area contributed by atoms with Crippen LogP contribution in [-0.2, 0) is 19.0 Å². The molecule has 5 nitrogen and oxygen atoms in total. The van der Waals surface area contributed by atoms with Gasteiger partial charge in [-0.1, -0.05) is 0 Å². The highest BCUT2D eigenvalue weighted by atomic mass is 16.7. The lowest BCUT2D eigenvalue weighted by molar-refractivity contribution is -0.139. The van der Waals surface area contributed by atoms with E-state index in [1.807, 2.05) is 20.8 Å². The summed E-state index contributed by atoms with van der Waals surface area (Å²) in [6.45, 7) is 7.77. The molecule has 1 N–H and O–H groups in total. The molecule has 0 radical (unpaired) electrons. The van der Waals surface area contributed by atoms with E-state index in [0.717, 1.165) is 0 Å². The summed E-state index contributed by atoms with van der Waals surface area (Å²) in [5.74, 6) is -0.539. The number of amides is 1. The lowest BCUT2D eigenvalue weighted by Gasteiger charge is -2.17. The molecule has 1 rings (SSSR count). The zero-order chi connectivity index (χ0) is 12.0.